The predicted molar refractivity (Wildman–Crippen MR) is 73.7 cm³/mol. The Morgan fingerprint density at radius 1 is 1.05 bits per heavy atom. The summed E-state index contributed by atoms with van der Waals surface area (Å²) in [6.07, 6.45) is 11.4. The summed E-state index contributed by atoms with van der Waals surface area (Å²) >= 11 is 0. The molecule has 3 heteroatoms. The molecule has 1 aliphatic heterocycles. The second-order valence-corrected chi connectivity index (χ2v) is 6.84. The van der Waals surface area contributed by atoms with Crippen molar-refractivity contribution in [1.82, 2.24) is 0 Å². The van der Waals surface area contributed by atoms with Gasteiger partial charge in [-0.25, -0.2) is 0 Å². The van der Waals surface area contributed by atoms with E-state index in [4.69, 9.17) is 9.47 Å². The molecule has 0 bridgehead atoms. The second-order valence-electron chi connectivity index (χ2n) is 6.84. The lowest BCUT2D eigenvalue weighted by molar-refractivity contribution is -0.153. The summed E-state index contributed by atoms with van der Waals surface area (Å²) in [5, 5.41) is 10.0. The Hall–Kier alpha value is -0.380. The molecule has 108 valence electrons. The van der Waals surface area contributed by atoms with Crippen molar-refractivity contribution in [2.45, 2.75) is 76.5 Å². The van der Waals surface area contributed by atoms with Crippen molar-refractivity contribution in [1.29, 1.82) is 0 Å². The molecule has 0 aromatic heterocycles. The first-order valence-electron chi connectivity index (χ1n) is 7.77. The number of aliphatic hydroxyl groups is 1. The van der Waals surface area contributed by atoms with E-state index in [1.807, 2.05) is 19.9 Å². The van der Waals surface area contributed by atoms with Crippen LogP contribution in [0.4, 0.5) is 0 Å². The first-order valence-corrected chi connectivity index (χ1v) is 7.77. The van der Waals surface area contributed by atoms with E-state index in [1.54, 1.807) is 0 Å². The molecule has 3 rings (SSSR count). The molecule has 1 N–H and O–H groups in total. The second kappa shape index (κ2) is 5.19. The molecule has 0 radical (unpaired) electrons. The summed E-state index contributed by atoms with van der Waals surface area (Å²) in [4.78, 5) is 0. The van der Waals surface area contributed by atoms with Gasteiger partial charge in [0.05, 0.1) is 6.10 Å². The van der Waals surface area contributed by atoms with Gasteiger partial charge in [-0.1, -0.05) is 44.3 Å². The number of ether oxygens (including phenoxy) is 2. The van der Waals surface area contributed by atoms with Crippen LogP contribution in [-0.4, -0.2) is 29.2 Å². The van der Waals surface area contributed by atoms with E-state index in [9.17, 15) is 5.11 Å². The molecule has 2 aliphatic carbocycles. The first-order chi connectivity index (χ1) is 9.05. The zero-order chi connectivity index (χ0) is 13.5. The lowest BCUT2D eigenvalue weighted by atomic mass is 9.78. The largest absolute Gasteiger partial charge is 0.386 e. The fourth-order valence-electron chi connectivity index (χ4n) is 3.91. The van der Waals surface area contributed by atoms with Crippen LogP contribution in [0.2, 0.25) is 0 Å². The van der Waals surface area contributed by atoms with Crippen molar-refractivity contribution in [3.8, 4) is 0 Å². The average molecular weight is 266 g/mol. The van der Waals surface area contributed by atoms with Crippen LogP contribution in [-0.2, 0) is 9.47 Å². The highest BCUT2D eigenvalue weighted by Crippen LogP contribution is 2.41. The maximum Gasteiger partial charge on any atom is 0.163 e. The Morgan fingerprint density at radius 3 is 2.47 bits per heavy atom. The van der Waals surface area contributed by atoms with Gasteiger partial charge in [-0.3, -0.25) is 0 Å². The number of fused-ring (bicyclic) bond motifs is 1. The first kappa shape index (κ1) is 13.6. The van der Waals surface area contributed by atoms with E-state index >= 15 is 0 Å². The van der Waals surface area contributed by atoms with Gasteiger partial charge in [0, 0.05) is 5.92 Å². The standard InChI is InChI=1S/C16H26O3/c1-16(2)18-14-12(8-9-13(17)15(14)19-16)10-11-6-4-3-5-7-11/h8-9,11-15,17H,3-7,10H2,1-2H3/t12-,13-,14?,15+/m1/s1. The van der Waals surface area contributed by atoms with E-state index in [2.05, 4.69) is 6.08 Å². The van der Waals surface area contributed by atoms with Gasteiger partial charge >= 0.3 is 0 Å². The molecule has 0 spiro atoms. The third kappa shape index (κ3) is 2.88. The highest BCUT2D eigenvalue weighted by atomic mass is 16.8. The lowest BCUT2D eigenvalue weighted by Gasteiger charge is -2.33. The van der Waals surface area contributed by atoms with Crippen molar-refractivity contribution < 1.29 is 14.6 Å². The minimum atomic E-state index is -0.562. The van der Waals surface area contributed by atoms with Crippen LogP contribution in [0.1, 0.15) is 52.4 Å². The van der Waals surface area contributed by atoms with E-state index in [1.165, 1.54) is 38.5 Å². The SMILES string of the molecule is CC1(C)OC2[C@@H](CC3CCCCC3)C=C[C@@H](O)[C@@H]2O1. The van der Waals surface area contributed by atoms with Crippen LogP contribution in [0.25, 0.3) is 0 Å². The zero-order valence-corrected chi connectivity index (χ0v) is 12.0. The summed E-state index contributed by atoms with van der Waals surface area (Å²) in [6, 6.07) is 0. The molecule has 3 aliphatic rings. The molecular formula is C16H26O3. The Bertz CT molecular complexity index is 344. The molecule has 0 aromatic carbocycles. The van der Waals surface area contributed by atoms with Crippen LogP contribution in [0, 0.1) is 11.8 Å². The summed E-state index contributed by atoms with van der Waals surface area (Å²) < 4.78 is 11.9. The highest BCUT2D eigenvalue weighted by molar-refractivity contribution is 5.10. The van der Waals surface area contributed by atoms with Gasteiger partial charge in [0.25, 0.3) is 0 Å². The summed E-state index contributed by atoms with van der Waals surface area (Å²) in [6.45, 7) is 3.88. The average Bonchev–Trinajstić information content (AvgIpc) is 2.71. The fourth-order valence-corrected chi connectivity index (χ4v) is 3.91. The topological polar surface area (TPSA) is 38.7 Å². The smallest absolute Gasteiger partial charge is 0.163 e. The zero-order valence-electron chi connectivity index (χ0n) is 12.0. The maximum absolute atomic E-state index is 10.0. The molecule has 4 atom stereocenters. The fraction of sp³-hybridized carbons (Fsp3) is 0.875. The Morgan fingerprint density at radius 2 is 1.74 bits per heavy atom. The maximum atomic E-state index is 10.0. The van der Waals surface area contributed by atoms with Gasteiger partial charge in [-0.15, -0.1) is 0 Å². The third-order valence-electron chi connectivity index (χ3n) is 4.81. The Kier molecular flexibility index (Phi) is 3.71. The van der Waals surface area contributed by atoms with Crippen LogP contribution >= 0.6 is 0 Å². The van der Waals surface area contributed by atoms with Crippen molar-refractivity contribution in [3.05, 3.63) is 12.2 Å². The van der Waals surface area contributed by atoms with E-state index in [-0.39, 0.29) is 12.2 Å². The quantitative estimate of drug-likeness (QED) is 0.781. The Balaban J connectivity index is 1.68. The molecule has 1 saturated carbocycles. The number of rotatable bonds is 2. The number of aliphatic hydroxyl groups excluding tert-OH is 1. The van der Waals surface area contributed by atoms with Crippen molar-refractivity contribution in [2.75, 3.05) is 0 Å². The van der Waals surface area contributed by atoms with Gasteiger partial charge in [0.1, 0.15) is 12.2 Å². The highest BCUT2D eigenvalue weighted by Gasteiger charge is 2.49. The number of hydrogen-bond donors (Lipinski definition) is 1. The van der Waals surface area contributed by atoms with E-state index < -0.39 is 11.9 Å². The van der Waals surface area contributed by atoms with Crippen LogP contribution in [0.3, 0.4) is 0 Å². The van der Waals surface area contributed by atoms with Crippen molar-refractivity contribution >= 4 is 0 Å². The molecule has 1 unspecified atom stereocenters. The van der Waals surface area contributed by atoms with Crippen molar-refractivity contribution in [3.63, 3.8) is 0 Å². The van der Waals surface area contributed by atoms with Crippen LogP contribution in [0.5, 0.6) is 0 Å². The summed E-state index contributed by atoms with van der Waals surface area (Å²) in [7, 11) is 0. The normalized spacial score (nSPS) is 42.3. The molecule has 19 heavy (non-hydrogen) atoms. The van der Waals surface area contributed by atoms with Gasteiger partial charge in [-0.05, 0) is 26.2 Å². The van der Waals surface area contributed by atoms with Gasteiger partial charge in [0.15, 0.2) is 5.79 Å². The Labute approximate surface area is 116 Å². The summed E-state index contributed by atoms with van der Waals surface area (Å²) in [5.41, 5.74) is 0. The molecule has 1 heterocycles. The minimum absolute atomic E-state index is 0.0249. The minimum Gasteiger partial charge on any atom is -0.386 e. The molecule has 0 amide bonds. The summed E-state index contributed by atoms with van der Waals surface area (Å²) in [5.74, 6) is 0.664. The molecule has 2 fully saturated rings. The molecule has 3 nitrogen and oxygen atoms in total. The third-order valence-corrected chi connectivity index (χ3v) is 4.81. The molecule has 0 aromatic rings. The van der Waals surface area contributed by atoms with Crippen molar-refractivity contribution in [2.24, 2.45) is 11.8 Å². The van der Waals surface area contributed by atoms with Gasteiger partial charge < -0.3 is 14.6 Å². The van der Waals surface area contributed by atoms with Crippen LogP contribution in [0.15, 0.2) is 12.2 Å². The molecule has 1 saturated heterocycles. The lowest BCUT2D eigenvalue weighted by Crippen LogP contribution is -2.42. The van der Waals surface area contributed by atoms with Gasteiger partial charge in [-0.2, -0.15) is 0 Å². The monoisotopic (exact) mass is 266 g/mol. The van der Waals surface area contributed by atoms with Crippen LogP contribution < -0.4 is 0 Å². The predicted octanol–water partition coefficient (Wildman–Crippen LogP) is 3.02. The number of hydrogen-bond acceptors (Lipinski definition) is 3. The van der Waals surface area contributed by atoms with Gasteiger partial charge in [0.2, 0.25) is 0 Å². The van der Waals surface area contributed by atoms with E-state index in [0.29, 0.717) is 5.92 Å². The molecular weight excluding hydrogens is 240 g/mol. The van der Waals surface area contributed by atoms with E-state index in [0.717, 1.165) is 5.92 Å².